The van der Waals surface area contributed by atoms with Crippen molar-refractivity contribution in [2.24, 2.45) is 0 Å². The van der Waals surface area contributed by atoms with Crippen molar-refractivity contribution in [1.29, 1.82) is 0 Å². The second-order valence-corrected chi connectivity index (χ2v) is 6.49. The first kappa shape index (κ1) is 19.7. The molecule has 3 aromatic rings. The molecule has 28 heavy (non-hydrogen) atoms. The SMILES string of the molecule is COc1ccc(OCC(=O)Nc2ccc(Cl)cc2[C@H](O)c2ccccc2)cc1. The molecule has 1 atom stereocenters. The average Bonchev–Trinajstić information content (AvgIpc) is 2.74. The van der Waals surface area contributed by atoms with Gasteiger partial charge in [0.15, 0.2) is 6.61 Å². The van der Waals surface area contributed by atoms with Crippen LogP contribution < -0.4 is 14.8 Å². The Labute approximate surface area is 168 Å². The van der Waals surface area contributed by atoms with Gasteiger partial charge in [-0.15, -0.1) is 0 Å². The van der Waals surface area contributed by atoms with Crippen LogP contribution in [0.3, 0.4) is 0 Å². The molecule has 0 fully saturated rings. The average molecular weight is 398 g/mol. The first-order valence-corrected chi connectivity index (χ1v) is 9.04. The number of aliphatic hydroxyl groups is 1. The van der Waals surface area contributed by atoms with Gasteiger partial charge in [-0.25, -0.2) is 0 Å². The lowest BCUT2D eigenvalue weighted by Crippen LogP contribution is -2.21. The van der Waals surface area contributed by atoms with Gasteiger partial charge in [0.2, 0.25) is 0 Å². The molecule has 0 aliphatic rings. The number of aliphatic hydroxyl groups excluding tert-OH is 1. The topological polar surface area (TPSA) is 67.8 Å². The molecule has 5 nitrogen and oxygen atoms in total. The van der Waals surface area contributed by atoms with Crippen LogP contribution >= 0.6 is 11.6 Å². The third-order valence-electron chi connectivity index (χ3n) is 4.13. The van der Waals surface area contributed by atoms with Crippen LogP contribution in [0.25, 0.3) is 0 Å². The quantitative estimate of drug-likeness (QED) is 0.618. The molecule has 6 heteroatoms. The van der Waals surface area contributed by atoms with Crippen LogP contribution in [0.4, 0.5) is 5.69 Å². The lowest BCUT2D eigenvalue weighted by atomic mass is 10.00. The maximum absolute atomic E-state index is 12.3. The normalized spacial score (nSPS) is 11.5. The van der Waals surface area contributed by atoms with Crippen molar-refractivity contribution >= 4 is 23.2 Å². The maximum Gasteiger partial charge on any atom is 0.262 e. The van der Waals surface area contributed by atoms with Crippen molar-refractivity contribution in [2.45, 2.75) is 6.10 Å². The number of nitrogens with one attached hydrogen (secondary N) is 1. The molecule has 3 aromatic carbocycles. The predicted molar refractivity (Wildman–Crippen MR) is 109 cm³/mol. The van der Waals surface area contributed by atoms with Crippen LogP contribution in [0.5, 0.6) is 11.5 Å². The zero-order chi connectivity index (χ0) is 19.9. The fraction of sp³-hybridized carbons (Fsp3) is 0.136. The molecule has 0 aliphatic carbocycles. The standard InChI is InChI=1S/C22H20ClNO4/c1-27-17-8-10-18(11-9-17)28-14-21(25)24-20-12-7-16(23)13-19(20)22(26)15-5-3-2-4-6-15/h2-13,22,26H,14H2,1H3,(H,24,25)/t22-/m1/s1. The summed E-state index contributed by atoms with van der Waals surface area (Å²) < 4.78 is 10.6. The van der Waals surface area contributed by atoms with Crippen LogP contribution in [0.15, 0.2) is 72.8 Å². The fourth-order valence-electron chi connectivity index (χ4n) is 2.70. The van der Waals surface area contributed by atoms with Crippen molar-refractivity contribution in [3.05, 3.63) is 88.9 Å². The fourth-order valence-corrected chi connectivity index (χ4v) is 2.88. The summed E-state index contributed by atoms with van der Waals surface area (Å²) in [6.45, 7) is -0.171. The molecule has 0 saturated heterocycles. The summed E-state index contributed by atoms with van der Waals surface area (Å²) in [4.78, 5) is 12.3. The van der Waals surface area contributed by atoms with Gasteiger partial charge in [-0.05, 0) is 48.0 Å². The van der Waals surface area contributed by atoms with Gasteiger partial charge in [0.1, 0.15) is 17.6 Å². The van der Waals surface area contributed by atoms with E-state index in [1.807, 2.05) is 30.3 Å². The molecule has 0 spiro atoms. The molecular weight excluding hydrogens is 378 g/mol. The highest BCUT2D eigenvalue weighted by Crippen LogP contribution is 2.31. The minimum Gasteiger partial charge on any atom is -0.497 e. The Kier molecular flexibility index (Phi) is 6.53. The van der Waals surface area contributed by atoms with Gasteiger partial charge in [0.25, 0.3) is 5.91 Å². The van der Waals surface area contributed by atoms with Gasteiger partial charge in [0, 0.05) is 16.3 Å². The zero-order valence-corrected chi connectivity index (χ0v) is 16.0. The van der Waals surface area contributed by atoms with Gasteiger partial charge in [0.05, 0.1) is 7.11 Å². The molecule has 0 saturated carbocycles. The predicted octanol–water partition coefficient (Wildman–Crippen LogP) is 4.45. The monoisotopic (exact) mass is 397 g/mol. The zero-order valence-electron chi connectivity index (χ0n) is 15.3. The molecule has 2 N–H and O–H groups in total. The van der Waals surface area contributed by atoms with Crippen molar-refractivity contribution in [3.63, 3.8) is 0 Å². The lowest BCUT2D eigenvalue weighted by molar-refractivity contribution is -0.118. The van der Waals surface area contributed by atoms with E-state index in [1.165, 1.54) is 0 Å². The Balaban J connectivity index is 1.70. The molecule has 0 radical (unpaired) electrons. The third kappa shape index (κ3) is 5.03. The summed E-state index contributed by atoms with van der Waals surface area (Å²) in [5.41, 5.74) is 1.69. The number of hydrogen-bond donors (Lipinski definition) is 2. The number of halogens is 1. The molecule has 0 heterocycles. The Morgan fingerprint density at radius 3 is 2.39 bits per heavy atom. The summed E-state index contributed by atoms with van der Waals surface area (Å²) in [7, 11) is 1.58. The van der Waals surface area contributed by atoms with Crippen molar-refractivity contribution in [3.8, 4) is 11.5 Å². The summed E-state index contributed by atoms with van der Waals surface area (Å²) in [6.07, 6.45) is -0.919. The van der Waals surface area contributed by atoms with Crippen molar-refractivity contribution in [2.75, 3.05) is 19.0 Å². The van der Waals surface area contributed by atoms with Gasteiger partial charge < -0.3 is 19.9 Å². The molecule has 0 bridgehead atoms. The highest BCUT2D eigenvalue weighted by atomic mass is 35.5. The van der Waals surface area contributed by atoms with E-state index in [-0.39, 0.29) is 12.5 Å². The van der Waals surface area contributed by atoms with E-state index < -0.39 is 6.10 Å². The van der Waals surface area contributed by atoms with Gasteiger partial charge in [-0.1, -0.05) is 41.9 Å². The second-order valence-electron chi connectivity index (χ2n) is 6.06. The first-order valence-electron chi connectivity index (χ1n) is 8.66. The number of rotatable bonds is 7. The maximum atomic E-state index is 12.3. The highest BCUT2D eigenvalue weighted by molar-refractivity contribution is 6.30. The Bertz CT molecular complexity index is 929. The van der Waals surface area contributed by atoms with Crippen molar-refractivity contribution in [1.82, 2.24) is 0 Å². The highest BCUT2D eigenvalue weighted by Gasteiger charge is 2.17. The number of carbonyl (C=O) groups excluding carboxylic acids is 1. The summed E-state index contributed by atoms with van der Waals surface area (Å²) in [5, 5.41) is 14.0. The number of hydrogen-bond acceptors (Lipinski definition) is 4. The number of anilines is 1. The van der Waals surface area contributed by atoms with E-state index in [4.69, 9.17) is 21.1 Å². The smallest absolute Gasteiger partial charge is 0.262 e. The van der Waals surface area contributed by atoms with Crippen LogP contribution in [-0.4, -0.2) is 24.7 Å². The molecule has 1 amide bonds. The third-order valence-corrected chi connectivity index (χ3v) is 4.36. The molecular formula is C22H20ClNO4. The van der Waals surface area contributed by atoms with Crippen LogP contribution in [-0.2, 0) is 4.79 Å². The van der Waals surface area contributed by atoms with Gasteiger partial charge in [-0.3, -0.25) is 4.79 Å². The van der Waals surface area contributed by atoms with Crippen LogP contribution in [0, 0.1) is 0 Å². The number of amides is 1. The summed E-state index contributed by atoms with van der Waals surface area (Å²) in [6, 6.07) is 21.1. The molecule has 144 valence electrons. The number of carbonyl (C=O) groups is 1. The first-order chi connectivity index (χ1) is 13.6. The number of ether oxygens (including phenoxy) is 2. The molecule has 0 unspecified atom stereocenters. The van der Waals surface area contributed by atoms with E-state index in [0.29, 0.717) is 33.3 Å². The molecule has 3 rings (SSSR count). The van der Waals surface area contributed by atoms with E-state index >= 15 is 0 Å². The number of methoxy groups -OCH3 is 1. The van der Waals surface area contributed by atoms with Gasteiger partial charge in [-0.2, -0.15) is 0 Å². The summed E-state index contributed by atoms with van der Waals surface area (Å²) in [5.74, 6) is 0.911. The Morgan fingerprint density at radius 2 is 1.71 bits per heavy atom. The lowest BCUT2D eigenvalue weighted by Gasteiger charge is -2.17. The van der Waals surface area contributed by atoms with E-state index in [0.717, 1.165) is 0 Å². The number of benzene rings is 3. The van der Waals surface area contributed by atoms with Crippen LogP contribution in [0.2, 0.25) is 5.02 Å². The van der Waals surface area contributed by atoms with E-state index in [9.17, 15) is 9.90 Å². The van der Waals surface area contributed by atoms with Gasteiger partial charge >= 0.3 is 0 Å². The minimum absolute atomic E-state index is 0.171. The second kappa shape index (κ2) is 9.26. The van der Waals surface area contributed by atoms with E-state index in [2.05, 4.69) is 5.32 Å². The van der Waals surface area contributed by atoms with E-state index in [1.54, 1.807) is 49.6 Å². The minimum atomic E-state index is -0.919. The largest absolute Gasteiger partial charge is 0.497 e. The molecule has 0 aliphatic heterocycles. The Hall–Kier alpha value is -3.02. The molecule has 0 aromatic heterocycles. The van der Waals surface area contributed by atoms with Crippen LogP contribution in [0.1, 0.15) is 17.2 Å². The summed E-state index contributed by atoms with van der Waals surface area (Å²) >= 11 is 6.09. The van der Waals surface area contributed by atoms with Crippen molar-refractivity contribution < 1.29 is 19.4 Å². The Morgan fingerprint density at radius 1 is 1.04 bits per heavy atom.